The lowest BCUT2D eigenvalue weighted by Crippen LogP contribution is -2.46. The second kappa shape index (κ2) is 7.87. The maximum atomic E-state index is 12.2. The number of hydrogen-bond donors (Lipinski definition) is 1. The van der Waals surface area contributed by atoms with E-state index < -0.39 is 0 Å². The summed E-state index contributed by atoms with van der Waals surface area (Å²) in [5, 5.41) is 10.8. The van der Waals surface area contributed by atoms with Gasteiger partial charge in [-0.15, -0.1) is 10.2 Å². The first-order chi connectivity index (χ1) is 12.2. The largest absolute Gasteiger partial charge is 0.486 e. The van der Waals surface area contributed by atoms with E-state index in [9.17, 15) is 4.79 Å². The molecule has 0 spiro atoms. The van der Waals surface area contributed by atoms with Gasteiger partial charge >= 0.3 is 6.03 Å². The number of benzene rings is 1. The van der Waals surface area contributed by atoms with Crippen LogP contribution >= 0.6 is 0 Å². The number of fused-ring (bicyclic) bond motifs is 1. The molecule has 0 bridgehead atoms. The molecular weight excluding hydrogens is 322 g/mol. The van der Waals surface area contributed by atoms with Gasteiger partial charge in [0, 0.05) is 26.6 Å². The fraction of sp³-hybridized carbons (Fsp3) is 0.471. The first-order valence-electron chi connectivity index (χ1n) is 8.41. The Morgan fingerprint density at radius 3 is 3.00 bits per heavy atom. The van der Waals surface area contributed by atoms with Gasteiger partial charge in [0.05, 0.1) is 6.54 Å². The van der Waals surface area contributed by atoms with Crippen LogP contribution in [0.3, 0.4) is 0 Å². The van der Waals surface area contributed by atoms with Gasteiger partial charge in [-0.05, 0) is 19.1 Å². The maximum Gasteiger partial charge on any atom is 0.317 e. The zero-order valence-electron chi connectivity index (χ0n) is 14.5. The fourth-order valence-electron chi connectivity index (χ4n) is 2.69. The summed E-state index contributed by atoms with van der Waals surface area (Å²) in [7, 11) is 1.74. The minimum atomic E-state index is -0.186. The minimum absolute atomic E-state index is 0.148. The molecule has 1 N–H and O–H groups in total. The number of hydrogen-bond acceptors (Lipinski definition) is 5. The van der Waals surface area contributed by atoms with Gasteiger partial charge in [-0.3, -0.25) is 0 Å². The van der Waals surface area contributed by atoms with Crippen LogP contribution in [0.25, 0.3) is 0 Å². The van der Waals surface area contributed by atoms with Crippen LogP contribution < -0.4 is 14.8 Å². The quantitative estimate of drug-likeness (QED) is 0.854. The third-order valence-electron chi connectivity index (χ3n) is 4.05. The number of rotatable bonds is 6. The Labute approximate surface area is 146 Å². The molecule has 1 aliphatic rings. The molecule has 2 amide bonds. The molecule has 1 aliphatic heterocycles. The number of carbonyl (C=O) groups is 1. The molecule has 134 valence electrons. The maximum absolute atomic E-state index is 12.2. The van der Waals surface area contributed by atoms with Gasteiger partial charge in [-0.2, -0.15) is 0 Å². The highest BCUT2D eigenvalue weighted by atomic mass is 16.6. The van der Waals surface area contributed by atoms with E-state index in [0.29, 0.717) is 31.9 Å². The van der Waals surface area contributed by atoms with E-state index in [2.05, 4.69) is 15.5 Å². The van der Waals surface area contributed by atoms with Crippen LogP contribution in [0, 0.1) is 0 Å². The molecule has 0 saturated heterocycles. The Morgan fingerprint density at radius 1 is 1.40 bits per heavy atom. The van der Waals surface area contributed by atoms with Crippen molar-refractivity contribution in [1.82, 2.24) is 25.0 Å². The number of urea groups is 1. The zero-order chi connectivity index (χ0) is 17.6. The van der Waals surface area contributed by atoms with Crippen molar-refractivity contribution in [3.05, 3.63) is 36.4 Å². The molecule has 2 heterocycles. The third-order valence-corrected chi connectivity index (χ3v) is 4.05. The molecule has 2 aromatic rings. The van der Waals surface area contributed by atoms with Gasteiger partial charge in [0.15, 0.2) is 17.6 Å². The SMILES string of the molecule is CCn1cnnc1CCNC(=O)N(C)CC1COc2ccccc2O1. The van der Waals surface area contributed by atoms with Crippen LogP contribution in [-0.2, 0) is 13.0 Å². The van der Waals surface area contributed by atoms with Crippen molar-refractivity contribution in [3.63, 3.8) is 0 Å². The number of nitrogens with one attached hydrogen (secondary N) is 1. The molecule has 8 heteroatoms. The lowest BCUT2D eigenvalue weighted by molar-refractivity contribution is 0.0716. The first-order valence-corrected chi connectivity index (χ1v) is 8.41. The van der Waals surface area contributed by atoms with Gasteiger partial charge in [0.2, 0.25) is 0 Å². The summed E-state index contributed by atoms with van der Waals surface area (Å²) in [6, 6.07) is 7.39. The van der Waals surface area contributed by atoms with E-state index in [4.69, 9.17) is 9.47 Å². The Bertz CT molecular complexity index is 718. The molecule has 8 nitrogen and oxygen atoms in total. The summed E-state index contributed by atoms with van der Waals surface area (Å²) >= 11 is 0. The monoisotopic (exact) mass is 345 g/mol. The number of para-hydroxylation sites is 2. The zero-order valence-corrected chi connectivity index (χ0v) is 14.5. The highest BCUT2D eigenvalue weighted by Gasteiger charge is 2.23. The number of nitrogens with zero attached hydrogens (tertiary/aromatic N) is 4. The Hall–Kier alpha value is -2.77. The summed E-state index contributed by atoms with van der Waals surface area (Å²) in [5.41, 5.74) is 0. The molecule has 3 rings (SSSR count). The van der Waals surface area contributed by atoms with E-state index in [1.54, 1.807) is 18.3 Å². The molecule has 1 aromatic heterocycles. The summed E-state index contributed by atoms with van der Waals surface area (Å²) in [6.07, 6.45) is 2.15. The molecule has 0 radical (unpaired) electrons. The van der Waals surface area contributed by atoms with Gasteiger partial charge in [-0.25, -0.2) is 4.79 Å². The van der Waals surface area contributed by atoms with Crippen molar-refractivity contribution in [1.29, 1.82) is 0 Å². The second-order valence-electron chi connectivity index (χ2n) is 5.89. The van der Waals surface area contributed by atoms with Gasteiger partial charge in [-0.1, -0.05) is 12.1 Å². The molecule has 1 atom stereocenters. The smallest absolute Gasteiger partial charge is 0.317 e. The molecule has 0 aliphatic carbocycles. The van der Waals surface area contributed by atoms with Crippen LogP contribution in [0.1, 0.15) is 12.7 Å². The molecular formula is C17H23N5O3. The lowest BCUT2D eigenvalue weighted by atomic mass is 10.2. The van der Waals surface area contributed by atoms with Crippen LogP contribution in [-0.4, -0.2) is 58.5 Å². The predicted octanol–water partition coefficient (Wildman–Crippen LogP) is 1.32. The summed E-state index contributed by atoms with van der Waals surface area (Å²) in [6.45, 7) is 4.23. The summed E-state index contributed by atoms with van der Waals surface area (Å²) in [5.74, 6) is 2.32. The standard InChI is InChI=1S/C17H23N5O3/c1-3-22-12-19-20-16(22)8-9-18-17(23)21(2)10-13-11-24-14-6-4-5-7-15(14)25-13/h4-7,12-13H,3,8-11H2,1-2H3,(H,18,23). The Balaban J connectivity index is 1.44. The molecule has 0 fully saturated rings. The van der Waals surface area contributed by atoms with E-state index >= 15 is 0 Å². The number of carbonyl (C=O) groups excluding carboxylic acids is 1. The first kappa shape index (κ1) is 17.1. The molecule has 0 saturated carbocycles. The number of aromatic nitrogens is 3. The topological polar surface area (TPSA) is 81.5 Å². The second-order valence-corrected chi connectivity index (χ2v) is 5.89. The fourth-order valence-corrected chi connectivity index (χ4v) is 2.69. The number of amides is 2. The lowest BCUT2D eigenvalue weighted by Gasteiger charge is -2.29. The summed E-state index contributed by atoms with van der Waals surface area (Å²) < 4.78 is 13.5. The van der Waals surface area contributed by atoms with Crippen molar-refractivity contribution < 1.29 is 14.3 Å². The normalized spacial score (nSPS) is 15.7. The average Bonchev–Trinajstić information content (AvgIpc) is 3.09. The van der Waals surface area contributed by atoms with Crippen LogP contribution in [0.2, 0.25) is 0 Å². The average molecular weight is 345 g/mol. The van der Waals surface area contributed by atoms with Gasteiger partial charge < -0.3 is 24.3 Å². The van der Waals surface area contributed by atoms with E-state index in [1.165, 1.54) is 0 Å². The predicted molar refractivity (Wildman–Crippen MR) is 91.8 cm³/mol. The van der Waals surface area contributed by atoms with Crippen LogP contribution in [0.5, 0.6) is 11.5 Å². The van der Waals surface area contributed by atoms with Gasteiger partial charge in [0.25, 0.3) is 0 Å². The van der Waals surface area contributed by atoms with Crippen LogP contribution in [0.15, 0.2) is 30.6 Å². The van der Waals surface area contributed by atoms with Crippen molar-refractivity contribution in [2.75, 3.05) is 26.7 Å². The van der Waals surface area contributed by atoms with E-state index in [-0.39, 0.29) is 12.1 Å². The molecule has 1 unspecified atom stereocenters. The highest BCUT2D eigenvalue weighted by molar-refractivity contribution is 5.73. The number of ether oxygens (including phenoxy) is 2. The van der Waals surface area contributed by atoms with Crippen molar-refractivity contribution in [3.8, 4) is 11.5 Å². The third kappa shape index (κ3) is 4.20. The van der Waals surface area contributed by atoms with Gasteiger partial charge in [0.1, 0.15) is 18.8 Å². The van der Waals surface area contributed by atoms with E-state index in [0.717, 1.165) is 18.1 Å². The Kier molecular flexibility index (Phi) is 5.37. The summed E-state index contributed by atoms with van der Waals surface area (Å²) in [4.78, 5) is 13.8. The van der Waals surface area contributed by atoms with Crippen LogP contribution in [0.4, 0.5) is 4.79 Å². The van der Waals surface area contributed by atoms with E-state index in [1.807, 2.05) is 35.8 Å². The molecule has 25 heavy (non-hydrogen) atoms. The Morgan fingerprint density at radius 2 is 2.20 bits per heavy atom. The van der Waals surface area contributed by atoms with Crippen molar-refractivity contribution in [2.24, 2.45) is 0 Å². The number of likely N-dealkylation sites (N-methyl/N-ethyl adjacent to an activating group) is 1. The highest BCUT2D eigenvalue weighted by Crippen LogP contribution is 2.30. The molecule has 1 aromatic carbocycles. The number of aryl methyl sites for hydroxylation is 1. The van der Waals surface area contributed by atoms with Crippen molar-refractivity contribution >= 4 is 6.03 Å². The van der Waals surface area contributed by atoms with Crippen molar-refractivity contribution in [2.45, 2.75) is 26.0 Å². The minimum Gasteiger partial charge on any atom is -0.486 e.